The van der Waals surface area contributed by atoms with Gasteiger partial charge in [0.25, 0.3) is 0 Å². The van der Waals surface area contributed by atoms with Crippen LogP contribution in [0.25, 0.3) is 0 Å². The summed E-state index contributed by atoms with van der Waals surface area (Å²) < 4.78 is 5.24. The first-order valence-corrected chi connectivity index (χ1v) is 7.66. The molecule has 1 aliphatic rings. The molecule has 1 unspecified atom stereocenters. The molecule has 1 aromatic rings. The second-order valence-corrected chi connectivity index (χ2v) is 5.98. The van der Waals surface area contributed by atoms with Gasteiger partial charge in [0.15, 0.2) is 0 Å². The van der Waals surface area contributed by atoms with Crippen LogP contribution in [0.15, 0.2) is 6.07 Å². The van der Waals surface area contributed by atoms with Crippen LogP contribution in [0.5, 0.6) is 0 Å². The van der Waals surface area contributed by atoms with Gasteiger partial charge in [-0.25, -0.2) is 0 Å². The summed E-state index contributed by atoms with van der Waals surface area (Å²) in [6.45, 7) is 4.25. The molecule has 0 radical (unpaired) electrons. The number of aryl methyl sites for hydroxylation is 2. The number of thiophene rings is 1. The zero-order valence-electron chi connectivity index (χ0n) is 11.1. The highest BCUT2D eigenvalue weighted by atomic mass is 32.1. The smallest absolute Gasteiger partial charge is 0.0698 e. The van der Waals surface area contributed by atoms with Gasteiger partial charge >= 0.3 is 0 Å². The molecule has 0 bridgehead atoms. The zero-order chi connectivity index (χ0) is 12.8. The van der Waals surface area contributed by atoms with E-state index in [0.717, 1.165) is 6.54 Å². The number of fused-ring (bicyclic) bond motifs is 1. The third-order valence-corrected chi connectivity index (χ3v) is 4.79. The fourth-order valence-corrected chi connectivity index (χ4v) is 3.63. The van der Waals surface area contributed by atoms with Crippen LogP contribution >= 0.6 is 11.3 Å². The Hall–Kier alpha value is -0.420. The molecule has 0 aliphatic heterocycles. The molecule has 4 heteroatoms. The highest BCUT2D eigenvalue weighted by Crippen LogP contribution is 2.32. The molecule has 0 spiro atoms. The van der Waals surface area contributed by atoms with E-state index in [0.29, 0.717) is 19.3 Å². The van der Waals surface area contributed by atoms with Gasteiger partial charge in [0.1, 0.15) is 0 Å². The molecule has 0 aromatic carbocycles. The number of hydrogen-bond acceptors (Lipinski definition) is 4. The van der Waals surface area contributed by atoms with Crippen LogP contribution in [0.4, 0.5) is 0 Å². The minimum atomic E-state index is 0.104. The van der Waals surface area contributed by atoms with E-state index < -0.39 is 0 Å². The number of rotatable bonds is 7. The van der Waals surface area contributed by atoms with E-state index in [1.807, 2.05) is 11.3 Å². The maximum Gasteiger partial charge on any atom is 0.0698 e. The van der Waals surface area contributed by atoms with Gasteiger partial charge < -0.3 is 15.2 Å². The molecule has 3 nitrogen and oxygen atoms in total. The van der Waals surface area contributed by atoms with Crippen LogP contribution in [-0.4, -0.2) is 31.5 Å². The topological polar surface area (TPSA) is 41.5 Å². The minimum Gasteiger partial charge on any atom is -0.394 e. The first kappa shape index (κ1) is 14.0. The molecule has 1 aromatic heterocycles. The molecule has 1 aliphatic carbocycles. The van der Waals surface area contributed by atoms with Crippen molar-refractivity contribution in [2.45, 2.75) is 38.6 Å². The molecular weight excluding hydrogens is 246 g/mol. The van der Waals surface area contributed by atoms with Crippen molar-refractivity contribution in [2.24, 2.45) is 0 Å². The number of nitrogens with one attached hydrogen (secondary N) is 1. The van der Waals surface area contributed by atoms with E-state index in [4.69, 9.17) is 9.84 Å². The quantitative estimate of drug-likeness (QED) is 0.746. The van der Waals surface area contributed by atoms with Gasteiger partial charge in [0, 0.05) is 22.3 Å². The van der Waals surface area contributed by atoms with Gasteiger partial charge in [-0.2, -0.15) is 0 Å². The van der Waals surface area contributed by atoms with Crippen LogP contribution in [0.2, 0.25) is 0 Å². The Bertz CT molecular complexity index is 341. The lowest BCUT2D eigenvalue weighted by atomic mass is 9.99. The van der Waals surface area contributed by atoms with Crippen molar-refractivity contribution in [3.8, 4) is 0 Å². The average molecular weight is 269 g/mol. The first-order valence-electron chi connectivity index (χ1n) is 6.84. The third-order valence-electron chi connectivity index (χ3n) is 3.37. The van der Waals surface area contributed by atoms with Crippen LogP contribution in [0.1, 0.15) is 41.1 Å². The fraction of sp³-hybridized carbons (Fsp3) is 0.714. The number of ether oxygens (including phenoxy) is 1. The van der Waals surface area contributed by atoms with E-state index in [2.05, 4.69) is 18.3 Å². The highest BCUT2D eigenvalue weighted by Gasteiger charge is 2.16. The molecule has 0 saturated carbocycles. The molecular formula is C14H23NO2S. The Morgan fingerprint density at radius 3 is 3.00 bits per heavy atom. The lowest BCUT2D eigenvalue weighted by Gasteiger charge is -2.11. The molecule has 2 N–H and O–H groups in total. The Morgan fingerprint density at radius 1 is 1.39 bits per heavy atom. The van der Waals surface area contributed by atoms with Crippen molar-refractivity contribution in [3.63, 3.8) is 0 Å². The summed E-state index contributed by atoms with van der Waals surface area (Å²) in [5.74, 6) is 0. The van der Waals surface area contributed by atoms with Gasteiger partial charge in [0.2, 0.25) is 0 Å². The van der Waals surface area contributed by atoms with Gasteiger partial charge in [-0.05, 0) is 44.2 Å². The molecule has 18 heavy (non-hydrogen) atoms. The van der Waals surface area contributed by atoms with E-state index in [-0.39, 0.29) is 6.61 Å². The monoisotopic (exact) mass is 269 g/mol. The van der Waals surface area contributed by atoms with Crippen LogP contribution in [0.3, 0.4) is 0 Å². The summed E-state index contributed by atoms with van der Waals surface area (Å²) in [7, 11) is 0. The van der Waals surface area contributed by atoms with Gasteiger partial charge in [-0.15, -0.1) is 11.3 Å². The largest absolute Gasteiger partial charge is 0.394 e. The van der Waals surface area contributed by atoms with Crippen molar-refractivity contribution in [1.82, 2.24) is 5.32 Å². The molecule has 0 amide bonds. The van der Waals surface area contributed by atoms with Crippen LogP contribution in [0, 0.1) is 0 Å². The zero-order valence-corrected chi connectivity index (χ0v) is 11.9. The number of aliphatic hydroxyl groups excluding tert-OH is 1. The van der Waals surface area contributed by atoms with Crippen molar-refractivity contribution in [1.29, 1.82) is 0 Å². The second-order valence-electron chi connectivity index (χ2n) is 4.82. The summed E-state index contributed by atoms with van der Waals surface area (Å²) in [6.07, 6.45) is 5.23. The van der Waals surface area contributed by atoms with Gasteiger partial charge in [-0.1, -0.05) is 0 Å². The fourth-order valence-electron chi connectivity index (χ4n) is 2.34. The van der Waals surface area contributed by atoms with E-state index in [1.165, 1.54) is 30.6 Å². The summed E-state index contributed by atoms with van der Waals surface area (Å²) in [6, 6.07) is 2.78. The lowest BCUT2D eigenvalue weighted by Crippen LogP contribution is -2.23. The molecule has 1 heterocycles. The molecule has 2 rings (SSSR count). The Morgan fingerprint density at radius 2 is 2.22 bits per heavy atom. The van der Waals surface area contributed by atoms with E-state index >= 15 is 0 Å². The predicted molar refractivity (Wildman–Crippen MR) is 75.3 cm³/mol. The van der Waals surface area contributed by atoms with E-state index in [1.54, 1.807) is 10.4 Å². The van der Waals surface area contributed by atoms with Crippen molar-refractivity contribution in [3.05, 3.63) is 21.4 Å². The Labute approximate surface area is 113 Å². The summed E-state index contributed by atoms with van der Waals surface area (Å²) in [5, 5.41) is 12.1. The van der Waals surface area contributed by atoms with E-state index in [9.17, 15) is 0 Å². The van der Waals surface area contributed by atoms with Gasteiger partial charge in [0.05, 0.1) is 19.8 Å². The second kappa shape index (κ2) is 7.24. The lowest BCUT2D eigenvalue weighted by molar-refractivity contribution is 0.0929. The molecule has 1 atom stereocenters. The maximum atomic E-state index is 8.60. The first-order chi connectivity index (χ1) is 8.81. The Kier molecular flexibility index (Phi) is 5.63. The van der Waals surface area contributed by atoms with Crippen molar-refractivity contribution >= 4 is 11.3 Å². The van der Waals surface area contributed by atoms with Crippen molar-refractivity contribution < 1.29 is 9.84 Å². The summed E-state index contributed by atoms with van der Waals surface area (Å²) in [4.78, 5) is 3.05. The number of hydrogen-bond donors (Lipinski definition) is 2. The molecule has 0 saturated heterocycles. The van der Waals surface area contributed by atoms with Crippen molar-refractivity contribution in [2.75, 3.05) is 26.4 Å². The normalized spacial score (nSPS) is 16.6. The molecule has 102 valence electrons. The molecule has 0 fully saturated rings. The Balaban J connectivity index is 1.78. The average Bonchev–Trinajstić information content (AvgIpc) is 2.82. The predicted octanol–water partition coefficient (Wildman–Crippen LogP) is 2.29. The minimum absolute atomic E-state index is 0.104. The standard InChI is InChI=1S/C14H23NO2S/c1-11(15-6-8-17-9-7-16)14-10-12-4-2-3-5-13(12)18-14/h10-11,15-16H,2-9H2,1H3. The van der Waals surface area contributed by atoms with Crippen LogP contribution in [-0.2, 0) is 17.6 Å². The number of aliphatic hydroxyl groups is 1. The third kappa shape index (κ3) is 3.79. The SMILES string of the molecule is CC(NCCOCCO)c1cc2c(s1)CCCC2. The van der Waals surface area contributed by atoms with Crippen LogP contribution < -0.4 is 5.32 Å². The summed E-state index contributed by atoms with van der Waals surface area (Å²) >= 11 is 1.97. The maximum absolute atomic E-state index is 8.60. The van der Waals surface area contributed by atoms with Gasteiger partial charge in [-0.3, -0.25) is 0 Å². The highest BCUT2D eigenvalue weighted by molar-refractivity contribution is 7.12. The summed E-state index contributed by atoms with van der Waals surface area (Å²) in [5.41, 5.74) is 1.58.